The Morgan fingerprint density at radius 1 is 1.05 bits per heavy atom. The maximum Gasteiger partial charge on any atom is 0.243 e. The van der Waals surface area contributed by atoms with Crippen molar-refractivity contribution in [3.63, 3.8) is 0 Å². The van der Waals surface area contributed by atoms with Crippen LogP contribution in [-0.4, -0.2) is 12.5 Å². The molecule has 0 aliphatic heterocycles. The molecule has 0 fully saturated rings. The van der Waals surface area contributed by atoms with Gasteiger partial charge in [0.1, 0.15) is 0 Å². The topological polar surface area (TPSA) is 41.1 Å². The van der Waals surface area contributed by atoms with Crippen LogP contribution in [0, 0.1) is 6.92 Å². The summed E-state index contributed by atoms with van der Waals surface area (Å²) in [4.78, 5) is 11.9. The maximum absolute atomic E-state index is 11.9. The Morgan fingerprint density at radius 2 is 1.75 bits per heavy atom. The molecule has 0 unspecified atom stereocenters. The summed E-state index contributed by atoms with van der Waals surface area (Å²) < 4.78 is 0. The van der Waals surface area contributed by atoms with Crippen LogP contribution in [0.5, 0.6) is 0 Å². The molecule has 0 bridgehead atoms. The van der Waals surface area contributed by atoms with Crippen molar-refractivity contribution in [3.05, 3.63) is 58.1 Å². The Kier molecular flexibility index (Phi) is 4.88. The molecule has 0 atom stereocenters. The molecule has 1 amide bonds. The van der Waals surface area contributed by atoms with E-state index >= 15 is 0 Å². The van der Waals surface area contributed by atoms with E-state index in [1.165, 1.54) is 0 Å². The molecule has 2 N–H and O–H groups in total. The van der Waals surface area contributed by atoms with Crippen molar-refractivity contribution in [1.82, 2.24) is 0 Å². The van der Waals surface area contributed by atoms with Gasteiger partial charge < -0.3 is 10.6 Å². The minimum Gasteiger partial charge on any atom is -0.376 e. The van der Waals surface area contributed by atoms with Gasteiger partial charge in [0.25, 0.3) is 0 Å². The van der Waals surface area contributed by atoms with Gasteiger partial charge in [0.05, 0.1) is 22.3 Å². The minimum atomic E-state index is -0.183. The van der Waals surface area contributed by atoms with E-state index in [2.05, 4.69) is 10.6 Å². The van der Waals surface area contributed by atoms with E-state index in [-0.39, 0.29) is 12.5 Å². The molecule has 0 radical (unpaired) electrons. The van der Waals surface area contributed by atoms with Crippen molar-refractivity contribution < 1.29 is 4.79 Å². The lowest BCUT2D eigenvalue weighted by Gasteiger charge is -2.11. The highest BCUT2D eigenvalue weighted by Crippen LogP contribution is 2.29. The summed E-state index contributed by atoms with van der Waals surface area (Å²) in [5.74, 6) is -0.183. The number of aryl methyl sites for hydroxylation is 1. The van der Waals surface area contributed by atoms with Crippen LogP contribution in [0.2, 0.25) is 10.0 Å². The molecule has 104 valence electrons. The van der Waals surface area contributed by atoms with Gasteiger partial charge in [0, 0.05) is 5.69 Å². The third-order valence-corrected chi connectivity index (χ3v) is 3.63. The minimum absolute atomic E-state index is 0.160. The first-order chi connectivity index (χ1) is 9.58. The van der Waals surface area contributed by atoms with Gasteiger partial charge in [-0.25, -0.2) is 0 Å². The average Bonchev–Trinajstić information content (AvgIpc) is 2.43. The molecule has 0 aromatic heterocycles. The van der Waals surface area contributed by atoms with Crippen molar-refractivity contribution in [2.24, 2.45) is 0 Å². The fourth-order valence-electron chi connectivity index (χ4n) is 1.74. The largest absolute Gasteiger partial charge is 0.376 e. The third kappa shape index (κ3) is 3.65. The van der Waals surface area contributed by atoms with Crippen LogP contribution in [0.3, 0.4) is 0 Å². The summed E-state index contributed by atoms with van der Waals surface area (Å²) in [5.41, 5.74) is 2.52. The van der Waals surface area contributed by atoms with Gasteiger partial charge in [-0.15, -0.1) is 0 Å². The molecular formula is C15H14Cl2N2O. The van der Waals surface area contributed by atoms with E-state index in [4.69, 9.17) is 23.2 Å². The average molecular weight is 309 g/mol. The van der Waals surface area contributed by atoms with Crippen molar-refractivity contribution in [1.29, 1.82) is 0 Å². The number of nitrogens with one attached hydrogen (secondary N) is 2. The predicted octanol–water partition coefficient (Wildman–Crippen LogP) is 4.35. The molecule has 2 aromatic carbocycles. The molecule has 0 spiro atoms. The first-order valence-corrected chi connectivity index (χ1v) is 6.87. The van der Waals surface area contributed by atoms with Crippen LogP contribution in [0.4, 0.5) is 11.4 Å². The molecule has 20 heavy (non-hydrogen) atoms. The summed E-state index contributed by atoms with van der Waals surface area (Å²) in [7, 11) is 0. The standard InChI is InChI=1S/C15H14Cl2N2O/c1-10-5-2-3-7-12(10)18-9-14(20)19-13-8-4-6-11(16)15(13)17/h2-8,18H,9H2,1H3,(H,19,20). The van der Waals surface area contributed by atoms with Gasteiger partial charge in [-0.3, -0.25) is 4.79 Å². The molecule has 2 aromatic rings. The zero-order chi connectivity index (χ0) is 14.5. The molecule has 3 nitrogen and oxygen atoms in total. The second-order valence-electron chi connectivity index (χ2n) is 4.32. The number of benzene rings is 2. The lowest BCUT2D eigenvalue weighted by molar-refractivity contribution is -0.114. The molecule has 0 saturated heterocycles. The fourth-order valence-corrected chi connectivity index (χ4v) is 2.09. The van der Waals surface area contributed by atoms with Gasteiger partial charge in [-0.2, -0.15) is 0 Å². The predicted molar refractivity (Wildman–Crippen MR) is 84.8 cm³/mol. The highest BCUT2D eigenvalue weighted by molar-refractivity contribution is 6.44. The van der Waals surface area contributed by atoms with Crippen molar-refractivity contribution in [2.45, 2.75) is 6.92 Å². The number of anilines is 2. The SMILES string of the molecule is Cc1ccccc1NCC(=O)Nc1cccc(Cl)c1Cl. The molecule has 0 aliphatic carbocycles. The Hall–Kier alpha value is -1.71. The number of hydrogen-bond donors (Lipinski definition) is 2. The molecule has 0 saturated carbocycles. The van der Waals surface area contributed by atoms with E-state index < -0.39 is 0 Å². The van der Waals surface area contributed by atoms with E-state index in [9.17, 15) is 4.79 Å². The monoisotopic (exact) mass is 308 g/mol. The van der Waals surface area contributed by atoms with Gasteiger partial charge in [-0.05, 0) is 30.7 Å². The fraction of sp³-hybridized carbons (Fsp3) is 0.133. The summed E-state index contributed by atoms with van der Waals surface area (Å²) in [6.07, 6.45) is 0. The van der Waals surface area contributed by atoms with E-state index in [0.717, 1.165) is 11.3 Å². The second kappa shape index (κ2) is 6.64. The van der Waals surface area contributed by atoms with Crippen molar-refractivity contribution >= 4 is 40.5 Å². The first kappa shape index (κ1) is 14.7. The number of rotatable bonds is 4. The van der Waals surface area contributed by atoms with Crippen LogP contribution >= 0.6 is 23.2 Å². The third-order valence-electron chi connectivity index (χ3n) is 2.81. The Labute approximate surface area is 127 Å². The first-order valence-electron chi connectivity index (χ1n) is 6.11. The zero-order valence-corrected chi connectivity index (χ0v) is 12.4. The van der Waals surface area contributed by atoms with Crippen molar-refractivity contribution in [3.8, 4) is 0 Å². The Morgan fingerprint density at radius 3 is 2.50 bits per heavy atom. The van der Waals surface area contributed by atoms with E-state index in [1.807, 2.05) is 31.2 Å². The molecule has 0 heterocycles. The lowest BCUT2D eigenvalue weighted by Crippen LogP contribution is -2.22. The van der Waals surface area contributed by atoms with Gasteiger partial charge in [-0.1, -0.05) is 47.5 Å². The normalized spacial score (nSPS) is 10.2. The highest BCUT2D eigenvalue weighted by Gasteiger charge is 2.08. The smallest absolute Gasteiger partial charge is 0.243 e. The molecule has 5 heteroatoms. The van der Waals surface area contributed by atoms with Gasteiger partial charge in [0.2, 0.25) is 5.91 Å². The lowest BCUT2D eigenvalue weighted by atomic mass is 10.2. The number of carbonyl (C=O) groups is 1. The Bertz CT molecular complexity index is 629. The van der Waals surface area contributed by atoms with Crippen LogP contribution in [0.1, 0.15) is 5.56 Å². The Balaban J connectivity index is 1.96. The van der Waals surface area contributed by atoms with Crippen molar-refractivity contribution in [2.75, 3.05) is 17.2 Å². The summed E-state index contributed by atoms with van der Waals surface area (Å²) in [6, 6.07) is 12.9. The number of halogens is 2. The molecule has 2 rings (SSSR count). The van der Waals surface area contributed by atoms with Crippen LogP contribution in [0.15, 0.2) is 42.5 Å². The van der Waals surface area contributed by atoms with Crippen LogP contribution in [0.25, 0.3) is 0 Å². The molecule has 0 aliphatic rings. The summed E-state index contributed by atoms with van der Waals surface area (Å²) >= 11 is 11.9. The number of amides is 1. The summed E-state index contributed by atoms with van der Waals surface area (Å²) in [5, 5.41) is 6.56. The van der Waals surface area contributed by atoms with Gasteiger partial charge in [0.15, 0.2) is 0 Å². The second-order valence-corrected chi connectivity index (χ2v) is 5.10. The number of hydrogen-bond acceptors (Lipinski definition) is 2. The number of carbonyl (C=O) groups excluding carboxylic acids is 1. The van der Waals surface area contributed by atoms with E-state index in [1.54, 1.807) is 18.2 Å². The van der Waals surface area contributed by atoms with E-state index in [0.29, 0.717) is 15.7 Å². The molecular weight excluding hydrogens is 295 g/mol. The van der Waals surface area contributed by atoms with Gasteiger partial charge >= 0.3 is 0 Å². The maximum atomic E-state index is 11.9. The van der Waals surface area contributed by atoms with Crippen LogP contribution < -0.4 is 10.6 Å². The number of para-hydroxylation sites is 1. The highest BCUT2D eigenvalue weighted by atomic mass is 35.5. The summed E-state index contributed by atoms with van der Waals surface area (Å²) in [6.45, 7) is 2.14. The van der Waals surface area contributed by atoms with Crippen LogP contribution in [-0.2, 0) is 4.79 Å². The quantitative estimate of drug-likeness (QED) is 0.881. The zero-order valence-electron chi connectivity index (χ0n) is 10.9.